The number of esters is 3. The van der Waals surface area contributed by atoms with Gasteiger partial charge in [-0.3, -0.25) is 14.4 Å². The molecule has 0 aliphatic heterocycles. The molecule has 0 aliphatic rings. The van der Waals surface area contributed by atoms with E-state index >= 15 is 0 Å². The summed E-state index contributed by atoms with van der Waals surface area (Å²) < 4.78 is 17.0. The number of hydrogen-bond donors (Lipinski definition) is 0. The molecule has 0 saturated carbocycles. The predicted octanol–water partition coefficient (Wildman–Crippen LogP) is 25.5. The zero-order valence-corrected chi connectivity index (χ0v) is 55.7. The molecular weight excluding hydrogens is 1020 g/mol. The summed E-state index contributed by atoms with van der Waals surface area (Å²) in [6, 6.07) is 0. The molecule has 0 heterocycles. The summed E-state index contributed by atoms with van der Waals surface area (Å²) in [4.78, 5) is 38.4. The molecule has 0 radical (unpaired) electrons. The molecule has 6 nitrogen and oxygen atoms in total. The lowest BCUT2D eigenvalue weighted by Crippen LogP contribution is -2.30. The van der Waals surface area contributed by atoms with Crippen LogP contribution in [0.15, 0.2) is 60.8 Å². The number of hydrogen-bond acceptors (Lipinski definition) is 6. The summed E-state index contributed by atoms with van der Waals surface area (Å²) >= 11 is 0. The highest BCUT2D eigenvalue weighted by Crippen LogP contribution is 2.19. The van der Waals surface area contributed by atoms with Crippen molar-refractivity contribution >= 4 is 17.9 Å². The van der Waals surface area contributed by atoms with Gasteiger partial charge in [-0.1, -0.05) is 358 Å². The molecule has 0 saturated heterocycles. The largest absolute Gasteiger partial charge is 0.462 e. The van der Waals surface area contributed by atoms with Crippen LogP contribution in [0.2, 0.25) is 0 Å². The fourth-order valence-corrected chi connectivity index (χ4v) is 11.0. The number of allylic oxidation sites excluding steroid dienone is 10. The summed E-state index contributed by atoms with van der Waals surface area (Å²) in [5.74, 6) is -0.854. The van der Waals surface area contributed by atoms with Crippen molar-refractivity contribution in [2.45, 2.75) is 399 Å². The third-order valence-electron chi connectivity index (χ3n) is 16.5. The van der Waals surface area contributed by atoms with Crippen molar-refractivity contribution in [3.8, 4) is 0 Å². The van der Waals surface area contributed by atoms with E-state index in [2.05, 4.69) is 81.5 Å². The molecule has 484 valence electrons. The normalized spacial score (nSPS) is 12.4. The van der Waals surface area contributed by atoms with Gasteiger partial charge in [0.15, 0.2) is 6.10 Å². The fourth-order valence-electron chi connectivity index (χ4n) is 11.0. The third-order valence-corrected chi connectivity index (χ3v) is 16.5. The SMILES string of the molecule is CC/C=C\C/C=C\C/C=C\C/C=C\CCCCCCCCCCCCCCCCCCCCCCC(=O)OCC(COC(=O)CCCCCCC/C=C\CCC)OC(=O)CCCCCCCCCCCCCCCCCCCCCCCC. The van der Waals surface area contributed by atoms with E-state index in [1.807, 2.05) is 0 Å². The molecular formula is C77H140O6. The molecule has 0 fully saturated rings. The lowest BCUT2D eigenvalue weighted by molar-refractivity contribution is -0.167. The van der Waals surface area contributed by atoms with Crippen molar-refractivity contribution in [3.63, 3.8) is 0 Å². The average molecular weight is 1160 g/mol. The van der Waals surface area contributed by atoms with Crippen molar-refractivity contribution < 1.29 is 28.6 Å². The first-order valence-corrected chi connectivity index (χ1v) is 36.8. The Balaban J connectivity index is 4.07. The van der Waals surface area contributed by atoms with Gasteiger partial charge < -0.3 is 14.2 Å². The van der Waals surface area contributed by atoms with Gasteiger partial charge in [0.25, 0.3) is 0 Å². The molecule has 1 unspecified atom stereocenters. The zero-order chi connectivity index (χ0) is 59.9. The van der Waals surface area contributed by atoms with Crippen LogP contribution in [0.1, 0.15) is 393 Å². The van der Waals surface area contributed by atoms with Crippen molar-refractivity contribution in [2.24, 2.45) is 0 Å². The van der Waals surface area contributed by atoms with E-state index in [1.165, 1.54) is 257 Å². The van der Waals surface area contributed by atoms with E-state index < -0.39 is 6.10 Å². The second kappa shape index (κ2) is 71.6. The minimum atomic E-state index is -0.773. The number of carbonyl (C=O) groups is 3. The molecule has 0 aliphatic carbocycles. The number of ether oxygens (including phenoxy) is 3. The highest BCUT2D eigenvalue weighted by molar-refractivity contribution is 5.71. The first-order chi connectivity index (χ1) is 41.0. The summed E-state index contributed by atoms with van der Waals surface area (Å²) in [7, 11) is 0. The Bertz CT molecular complexity index is 1470. The standard InChI is InChI=1S/C77H140O6/c1-4-7-10-13-16-19-22-24-26-28-30-32-34-35-36-37-38-39-40-41-42-43-44-46-47-49-51-53-55-58-61-64-67-70-76(79)82-73-74(72-81-75(78)69-66-63-60-57-21-18-15-12-9-6-3)83-77(80)71-68-65-62-59-56-54-52-50-48-45-33-31-29-27-25-23-20-17-14-11-8-5-2/h7,10,12,15-16,19,24,26,30,32,74H,4-6,8-9,11,13-14,17-18,20-23,25,27-29,31,33-73H2,1-3H3/b10-7-,15-12-,19-16-,26-24-,32-30-. The molecule has 0 spiro atoms. The van der Waals surface area contributed by atoms with Crippen LogP contribution in [0.4, 0.5) is 0 Å². The van der Waals surface area contributed by atoms with Crippen LogP contribution in [0.3, 0.4) is 0 Å². The van der Waals surface area contributed by atoms with Crippen molar-refractivity contribution in [3.05, 3.63) is 60.8 Å². The molecule has 0 rings (SSSR count). The van der Waals surface area contributed by atoms with Gasteiger partial charge >= 0.3 is 17.9 Å². The Morgan fingerprint density at radius 1 is 0.253 bits per heavy atom. The van der Waals surface area contributed by atoms with E-state index in [4.69, 9.17) is 14.2 Å². The Hall–Kier alpha value is -2.89. The minimum Gasteiger partial charge on any atom is -0.462 e. The van der Waals surface area contributed by atoms with Crippen LogP contribution in [0.5, 0.6) is 0 Å². The number of carbonyl (C=O) groups excluding carboxylic acids is 3. The molecule has 0 aromatic heterocycles. The summed E-state index contributed by atoms with van der Waals surface area (Å²) in [6.07, 6.45) is 92.8. The molecule has 1 atom stereocenters. The van der Waals surface area contributed by atoms with E-state index in [-0.39, 0.29) is 31.1 Å². The Morgan fingerprint density at radius 2 is 0.494 bits per heavy atom. The molecule has 0 aromatic carbocycles. The van der Waals surface area contributed by atoms with Crippen LogP contribution < -0.4 is 0 Å². The van der Waals surface area contributed by atoms with Gasteiger partial charge in [0.2, 0.25) is 0 Å². The van der Waals surface area contributed by atoms with E-state index in [0.717, 1.165) is 96.3 Å². The second-order valence-electron chi connectivity index (χ2n) is 24.8. The molecule has 0 amide bonds. The predicted molar refractivity (Wildman–Crippen MR) is 362 cm³/mol. The maximum Gasteiger partial charge on any atom is 0.306 e. The Morgan fingerprint density at radius 3 is 0.795 bits per heavy atom. The molecule has 6 heteroatoms. The van der Waals surface area contributed by atoms with E-state index in [9.17, 15) is 14.4 Å². The summed E-state index contributed by atoms with van der Waals surface area (Å²) in [5, 5.41) is 0. The van der Waals surface area contributed by atoms with Gasteiger partial charge in [0, 0.05) is 19.3 Å². The van der Waals surface area contributed by atoms with Gasteiger partial charge in [-0.2, -0.15) is 0 Å². The zero-order valence-electron chi connectivity index (χ0n) is 55.7. The maximum atomic E-state index is 12.9. The highest BCUT2D eigenvalue weighted by Gasteiger charge is 2.19. The third kappa shape index (κ3) is 69.8. The van der Waals surface area contributed by atoms with E-state index in [0.29, 0.717) is 19.3 Å². The van der Waals surface area contributed by atoms with Crippen molar-refractivity contribution in [1.29, 1.82) is 0 Å². The highest BCUT2D eigenvalue weighted by atomic mass is 16.6. The fraction of sp³-hybridized carbons (Fsp3) is 0.831. The van der Waals surface area contributed by atoms with Crippen LogP contribution in [0.25, 0.3) is 0 Å². The molecule has 0 bridgehead atoms. The molecule has 0 aromatic rings. The lowest BCUT2D eigenvalue weighted by Gasteiger charge is -2.18. The van der Waals surface area contributed by atoms with Gasteiger partial charge in [-0.25, -0.2) is 0 Å². The van der Waals surface area contributed by atoms with Crippen molar-refractivity contribution in [2.75, 3.05) is 13.2 Å². The quantitative estimate of drug-likeness (QED) is 0.0261. The number of rotatable bonds is 68. The van der Waals surface area contributed by atoms with Gasteiger partial charge in [-0.05, 0) is 77.0 Å². The Kier molecular flexibility index (Phi) is 69.1. The lowest BCUT2D eigenvalue weighted by atomic mass is 10.0. The van der Waals surface area contributed by atoms with Gasteiger partial charge in [0.05, 0.1) is 0 Å². The first kappa shape index (κ1) is 80.1. The molecule has 83 heavy (non-hydrogen) atoms. The maximum absolute atomic E-state index is 12.9. The first-order valence-electron chi connectivity index (χ1n) is 36.8. The van der Waals surface area contributed by atoms with Crippen LogP contribution >= 0.6 is 0 Å². The van der Waals surface area contributed by atoms with Crippen LogP contribution in [-0.4, -0.2) is 37.2 Å². The van der Waals surface area contributed by atoms with E-state index in [1.54, 1.807) is 0 Å². The molecule has 0 N–H and O–H groups in total. The van der Waals surface area contributed by atoms with Crippen LogP contribution in [0, 0.1) is 0 Å². The van der Waals surface area contributed by atoms with Gasteiger partial charge in [-0.15, -0.1) is 0 Å². The Labute approximate surface area is 517 Å². The topological polar surface area (TPSA) is 78.9 Å². The smallest absolute Gasteiger partial charge is 0.306 e. The second-order valence-corrected chi connectivity index (χ2v) is 24.8. The van der Waals surface area contributed by atoms with Crippen LogP contribution in [-0.2, 0) is 28.6 Å². The number of unbranched alkanes of at least 4 members (excludes halogenated alkanes) is 47. The summed E-state index contributed by atoms with van der Waals surface area (Å²) in [6.45, 7) is 6.53. The van der Waals surface area contributed by atoms with Crippen molar-refractivity contribution in [1.82, 2.24) is 0 Å². The van der Waals surface area contributed by atoms with Gasteiger partial charge in [0.1, 0.15) is 13.2 Å². The minimum absolute atomic E-state index is 0.0702. The monoisotopic (exact) mass is 1160 g/mol. The average Bonchev–Trinajstić information content (AvgIpc) is 3.49. The summed E-state index contributed by atoms with van der Waals surface area (Å²) in [5.41, 5.74) is 0.